The van der Waals surface area contributed by atoms with Crippen LogP contribution in [0, 0.1) is 0 Å². The Morgan fingerprint density at radius 3 is 2.86 bits per heavy atom. The first-order chi connectivity index (χ1) is 13.7. The summed E-state index contributed by atoms with van der Waals surface area (Å²) in [6.07, 6.45) is 3.84. The van der Waals surface area contributed by atoms with Crippen LogP contribution in [-0.2, 0) is 4.79 Å². The van der Waals surface area contributed by atoms with Gasteiger partial charge >= 0.3 is 6.03 Å². The van der Waals surface area contributed by atoms with Gasteiger partial charge in [0.2, 0.25) is 5.91 Å². The minimum Gasteiger partial charge on any atom is -0.486 e. The van der Waals surface area contributed by atoms with Gasteiger partial charge in [0.15, 0.2) is 11.5 Å². The van der Waals surface area contributed by atoms with E-state index in [0.29, 0.717) is 44.2 Å². The summed E-state index contributed by atoms with van der Waals surface area (Å²) in [6.45, 7) is 2.23. The molecule has 152 valence electrons. The molecule has 1 aromatic rings. The van der Waals surface area contributed by atoms with Crippen molar-refractivity contribution in [2.75, 3.05) is 37.8 Å². The van der Waals surface area contributed by atoms with Crippen molar-refractivity contribution >= 4 is 17.6 Å². The van der Waals surface area contributed by atoms with E-state index in [1.54, 1.807) is 4.90 Å². The third-order valence-electron chi connectivity index (χ3n) is 5.64. The van der Waals surface area contributed by atoms with Gasteiger partial charge in [-0.1, -0.05) is 0 Å². The number of fused-ring (bicyclic) bond motifs is 1. The van der Waals surface area contributed by atoms with Gasteiger partial charge in [0.05, 0.1) is 6.04 Å². The first-order valence-electron chi connectivity index (χ1n) is 10.0. The van der Waals surface area contributed by atoms with Gasteiger partial charge in [-0.2, -0.15) is 0 Å². The summed E-state index contributed by atoms with van der Waals surface area (Å²) in [6, 6.07) is 5.18. The normalized spacial score (nSPS) is 24.4. The lowest BCUT2D eigenvalue weighted by atomic mass is 10.00. The summed E-state index contributed by atoms with van der Waals surface area (Å²) in [7, 11) is 0. The molecule has 8 heteroatoms. The summed E-state index contributed by atoms with van der Waals surface area (Å²) >= 11 is 0. The molecule has 2 fully saturated rings. The molecule has 2 saturated heterocycles. The fourth-order valence-corrected chi connectivity index (χ4v) is 4.23. The zero-order valence-electron chi connectivity index (χ0n) is 15.9. The maximum absolute atomic E-state index is 12.7. The van der Waals surface area contributed by atoms with Gasteiger partial charge in [-0.15, -0.1) is 0 Å². The molecule has 0 aromatic heterocycles. The average molecular weight is 389 g/mol. The Hall–Kier alpha value is -2.48. The van der Waals surface area contributed by atoms with E-state index in [0.717, 1.165) is 24.9 Å². The zero-order chi connectivity index (χ0) is 19.5. The number of urea groups is 1. The average Bonchev–Trinajstić information content (AvgIpc) is 3.08. The van der Waals surface area contributed by atoms with Gasteiger partial charge in [-0.05, 0) is 37.8 Å². The Labute approximate surface area is 164 Å². The second kappa shape index (κ2) is 8.26. The van der Waals surface area contributed by atoms with Crippen molar-refractivity contribution in [3.8, 4) is 11.5 Å². The molecule has 0 spiro atoms. The lowest BCUT2D eigenvalue weighted by Gasteiger charge is -2.36. The van der Waals surface area contributed by atoms with Gasteiger partial charge in [-0.25, -0.2) is 4.79 Å². The number of amides is 3. The van der Waals surface area contributed by atoms with Crippen LogP contribution in [0.15, 0.2) is 18.2 Å². The van der Waals surface area contributed by atoms with E-state index < -0.39 is 0 Å². The predicted molar refractivity (Wildman–Crippen MR) is 103 cm³/mol. The highest BCUT2D eigenvalue weighted by Crippen LogP contribution is 2.35. The number of benzene rings is 1. The molecule has 0 radical (unpaired) electrons. The molecule has 3 heterocycles. The van der Waals surface area contributed by atoms with E-state index in [2.05, 4.69) is 5.32 Å². The quantitative estimate of drug-likeness (QED) is 0.815. The molecule has 4 rings (SSSR count). The number of rotatable bonds is 4. The molecule has 8 nitrogen and oxygen atoms in total. The maximum atomic E-state index is 12.7. The summed E-state index contributed by atoms with van der Waals surface area (Å²) in [4.78, 5) is 28.8. The molecule has 1 aromatic carbocycles. The topological polar surface area (TPSA) is 91.3 Å². The van der Waals surface area contributed by atoms with Crippen molar-refractivity contribution in [2.24, 2.45) is 0 Å². The van der Waals surface area contributed by atoms with Gasteiger partial charge in [-0.3, -0.25) is 4.79 Å². The van der Waals surface area contributed by atoms with Crippen molar-refractivity contribution in [1.29, 1.82) is 0 Å². The second-order valence-electron chi connectivity index (χ2n) is 7.54. The van der Waals surface area contributed by atoms with E-state index in [1.807, 2.05) is 23.1 Å². The number of hydrogen-bond donors (Lipinski definition) is 2. The van der Waals surface area contributed by atoms with Crippen LogP contribution >= 0.6 is 0 Å². The van der Waals surface area contributed by atoms with Crippen LogP contribution in [0.4, 0.5) is 10.5 Å². The minimum absolute atomic E-state index is 0.0208. The number of ether oxygens (including phenoxy) is 2. The van der Waals surface area contributed by atoms with Crippen molar-refractivity contribution in [3.63, 3.8) is 0 Å². The fraction of sp³-hybridized carbons (Fsp3) is 0.600. The lowest BCUT2D eigenvalue weighted by molar-refractivity contribution is -0.117. The molecule has 0 aliphatic carbocycles. The highest BCUT2D eigenvalue weighted by atomic mass is 16.6. The number of carbonyl (C=O) groups excluding carboxylic acids is 2. The summed E-state index contributed by atoms with van der Waals surface area (Å²) < 4.78 is 11.1. The number of piperidine rings is 1. The summed E-state index contributed by atoms with van der Waals surface area (Å²) in [5.41, 5.74) is 0.752. The third kappa shape index (κ3) is 3.87. The zero-order valence-corrected chi connectivity index (χ0v) is 15.9. The number of likely N-dealkylation sites (tertiary alicyclic amines) is 1. The van der Waals surface area contributed by atoms with Crippen LogP contribution in [0.3, 0.4) is 0 Å². The van der Waals surface area contributed by atoms with Crippen LogP contribution in [0.5, 0.6) is 11.5 Å². The van der Waals surface area contributed by atoms with Crippen LogP contribution in [0.1, 0.15) is 32.1 Å². The molecule has 2 N–H and O–H groups in total. The van der Waals surface area contributed by atoms with Gasteiger partial charge in [0.25, 0.3) is 0 Å². The summed E-state index contributed by atoms with van der Waals surface area (Å²) in [5.74, 6) is 1.31. The Balaban J connectivity index is 1.40. The van der Waals surface area contributed by atoms with Crippen LogP contribution < -0.4 is 19.7 Å². The standard InChI is InChI=1S/C20H27N3O5/c24-8-6-15-3-1-2-7-22(15)20(26)21-14-11-19(25)23(13-14)16-4-5-17-18(12-16)28-10-9-27-17/h4-5,12,14-15,24H,1-3,6-11,13H2,(H,21,26)/t14-,15-/m0/s1. The molecule has 0 unspecified atom stereocenters. The number of anilines is 1. The van der Waals surface area contributed by atoms with Crippen molar-refractivity contribution in [2.45, 2.75) is 44.2 Å². The molecule has 0 bridgehead atoms. The highest BCUT2D eigenvalue weighted by molar-refractivity contribution is 5.97. The number of hydrogen-bond acceptors (Lipinski definition) is 5. The predicted octanol–water partition coefficient (Wildman–Crippen LogP) is 1.51. The number of nitrogens with zero attached hydrogens (tertiary/aromatic N) is 2. The third-order valence-corrected chi connectivity index (χ3v) is 5.64. The smallest absolute Gasteiger partial charge is 0.317 e. The molecule has 2 atom stereocenters. The van der Waals surface area contributed by atoms with E-state index in [-0.39, 0.29) is 37.0 Å². The number of aliphatic hydroxyl groups is 1. The molecule has 3 aliphatic heterocycles. The SMILES string of the molecule is O=C1C[C@H](NC(=O)N2CCCC[C@H]2CCO)CN1c1ccc2c(c1)OCCO2. The van der Waals surface area contributed by atoms with Crippen molar-refractivity contribution in [1.82, 2.24) is 10.2 Å². The Morgan fingerprint density at radius 2 is 2.04 bits per heavy atom. The van der Waals surface area contributed by atoms with Crippen molar-refractivity contribution < 1.29 is 24.2 Å². The van der Waals surface area contributed by atoms with Crippen LogP contribution in [0.25, 0.3) is 0 Å². The van der Waals surface area contributed by atoms with Crippen LogP contribution in [-0.4, -0.2) is 66.9 Å². The van der Waals surface area contributed by atoms with Gasteiger partial charge in [0, 0.05) is 43.9 Å². The fourth-order valence-electron chi connectivity index (χ4n) is 4.23. The van der Waals surface area contributed by atoms with Gasteiger partial charge < -0.3 is 29.7 Å². The number of carbonyl (C=O) groups is 2. The van der Waals surface area contributed by atoms with E-state index in [4.69, 9.17) is 9.47 Å². The van der Waals surface area contributed by atoms with E-state index in [9.17, 15) is 14.7 Å². The molecular weight excluding hydrogens is 362 g/mol. The Kier molecular flexibility index (Phi) is 5.57. The molecule has 28 heavy (non-hydrogen) atoms. The first kappa shape index (κ1) is 18.9. The molecule has 3 aliphatic rings. The lowest BCUT2D eigenvalue weighted by Crippen LogP contribution is -2.52. The first-order valence-corrected chi connectivity index (χ1v) is 10.0. The highest BCUT2D eigenvalue weighted by Gasteiger charge is 2.34. The van der Waals surface area contributed by atoms with Gasteiger partial charge in [0.1, 0.15) is 13.2 Å². The molecule has 3 amide bonds. The monoisotopic (exact) mass is 389 g/mol. The molecular formula is C20H27N3O5. The van der Waals surface area contributed by atoms with Crippen molar-refractivity contribution in [3.05, 3.63) is 18.2 Å². The van der Waals surface area contributed by atoms with E-state index >= 15 is 0 Å². The number of aliphatic hydroxyl groups excluding tert-OH is 1. The maximum Gasteiger partial charge on any atom is 0.317 e. The Morgan fingerprint density at radius 1 is 1.21 bits per heavy atom. The van der Waals surface area contributed by atoms with E-state index in [1.165, 1.54) is 0 Å². The largest absolute Gasteiger partial charge is 0.486 e. The molecule has 0 saturated carbocycles. The van der Waals surface area contributed by atoms with Crippen LogP contribution in [0.2, 0.25) is 0 Å². The summed E-state index contributed by atoms with van der Waals surface area (Å²) in [5, 5.41) is 12.3. The minimum atomic E-state index is -0.232. The number of nitrogens with one attached hydrogen (secondary N) is 1. The second-order valence-corrected chi connectivity index (χ2v) is 7.54. The Bertz CT molecular complexity index is 739.